The van der Waals surface area contributed by atoms with Crippen molar-refractivity contribution in [3.05, 3.63) is 0 Å². The largest absolute Gasteiger partial charge is 0.339 e. The third kappa shape index (κ3) is 2.86. The van der Waals surface area contributed by atoms with Crippen LogP contribution >= 0.6 is 0 Å². The summed E-state index contributed by atoms with van der Waals surface area (Å²) < 4.78 is 0. The molecule has 3 atom stereocenters. The number of carbonyl (C=O) groups excluding carboxylic acids is 1. The van der Waals surface area contributed by atoms with Gasteiger partial charge in [-0.05, 0) is 75.8 Å². The van der Waals surface area contributed by atoms with E-state index in [1.165, 1.54) is 57.8 Å². The first kappa shape index (κ1) is 14.0. The summed E-state index contributed by atoms with van der Waals surface area (Å²) in [6.07, 6.45) is 11.5. The second-order valence-electron chi connectivity index (χ2n) is 7.96. The first-order valence-corrected chi connectivity index (χ1v) is 9.34. The molecule has 1 amide bonds. The Labute approximate surface area is 128 Å². The van der Waals surface area contributed by atoms with Crippen LogP contribution < -0.4 is 5.32 Å². The van der Waals surface area contributed by atoms with Crippen molar-refractivity contribution in [1.29, 1.82) is 0 Å². The Morgan fingerprint density at radius 2 is 1.62 bits per heavy atom. The van der Waals surface area contributed by atoms with Crippen LogP contribution in [0.15, 0.2) is 0 Å². The molecule has 4 rings (SSSR count). The zero-order valence-corrected chi connectivity index (χ0v) is 13.2. The van der Waals surface area contributed by atoms with Gasteiger partial charge < -0.3 is 10.2 Å². The molecule has 2 saturated carbocycles. The van der Waals surface area contributed by atoms with Crippen LogP contribution in [0.1, 0.15) is 57.8 Å². The van der Waals surface area contributed by atoms with Crippen molar-refractivity contribution in [2.45, 2.75) is 63.8 Å². The van der Waals surface area contributed by atoms with E-state index >= 15 is 0 Å². The van der Waals surface area contributed by atoms with E-state index < -0.39 is 0 Å². The number of nitrogens with zero attached hydrogens (tertiary/aromatic N) is 1. The van der Waals surface area contributed by atoms with Crippen molar-refractivity contribution < 1.29 is 4.79 Å². The fraction of sp³-hybridized carbons (Fsp3) is 0.944. The predicted molar refractivity (Wildman–Crippen MR) is 83.9 cm³/mol. The van der Waals surface area contributed by atoms with E-state index in [1.54, 1.807) is 0 Å². The smallest absolute Gasteiger partial charge is 0.225 e. The number of fused-ring (bicyclic) bond motifs is 1. The second kappa shape index (κ2) is 5.91. The molecule has 0 aromatic rings. The van der Waals surface area contributed by atoms with Crippen molar-refractivity contribution in [1.82, 2.24) is 10.2 Å². The first-order valence-electron chi connectivity index (χ1n) is 9.34. The van der Waals surface area contributed by atoms with E-state index in [0.29, 0.717) is 17.9 Å². The number of piperidine rings is 1. The van der Waals surface area contributed by atoms with Crippen LogP contribution in [0.3, 0.4) is 0 Å². The molecule has 2 heterocycles. The summed E-state index contributed by atoms with van der Waals surface area (Å²) in [5.41, 5.74) is 0. The molecule has 2 aliphatic carbocycles. The quantitative estimate of drug-likeness (QED) is 0.848. The second-order valence-corrected chi connectivity index (χ2v) is 7.96. The van der Waals surface area contributed by atoms with Crippen LogP contribution in [0.2, 0.25) is 0 Å². The number of likely N-dealkylation sites (tertiary alicyclic amines) is 1. The molecular formula is C18H30N2O. The van der Waals surface area contributed by atoms with Gasteiger partial charge in [0.15, 0.2) is 0 Å². The molecule has 21 heavy (non-hydrogen) atoms. The third-order valence-corrected chi connectivity index (χ3v) is 6.60. The molecule has 3 heteroatoms. The van der Waals surface area contributed by atoms with Gasteiger partial charge in [-0.3, -0.25) is 4.79 Å². The molecule has 0 bridgehead atoms. The summed E-state index contributed by atoms with van der Waals surface area (Å²) in [6, 6.07) is 0.555. The maximum atomic E-state index is 13.1. The number of amides is 1. The van der Waals surface area contributed by atoms with Gasteiger partial charge in [0, 0.05) is 18.5 Å². The highest BCUT2D eigenvalue weighted by atomic mass is 16.2. The van der Waals surface area contributed by atoms with Crippen molar-refractivity contribution in [2.24, 2.45) is 23.7 Å². The van der Waals surface area contributed by atoms with Crippen LogP contribution in [0.25, 0.3) is 0 Å². The van der Waals surface area contributed by atoms with Gasteiger partial charge in [0.1, 0.15) is 0 Å². The van der Waals surface area contributed by atoms with Crippen molar-refractivity contribution in [2.75, 3.05) is 19.6 Å². The van der Waals surface area contributed by atoms with E-state index in [-0.39, 0.29) is 0 Å². The third-order valence-electron chi connectivity index (χ3n) is 6.60. The highest BCUT2D eigenvalue weighted by molar-refractivity contribution is 5.80. The maximum Gasteiger partial charge on any atom is 0.225 e. The molecule has 3 unspecified atom stereocenters. The summed E-state index contributed by atoms with van der Waals surface area (Å²) in [5, 5.41) is 3.48. The molecule has 0 spiro atoms. The van der Waals surface area contributed by atoms with Gasteiger partial charge >= 0.3 is 0 Å². The van der Waals surface area contributed by atoms with Crippen LogP contribution in [-0.2, 0) is 4.79 Å². The van der Waals surface area contributed by atoms with E-state index in [1.807, 2.05) is 0 Å². The minimum atomic E-state index is 0.385. The molecule has 0 aromatic heterocycles. The number of hydrogen-bond donors (Lipinski definition) is 1. The molecule has 118 valence electrons. The van der Waals surface area contributed by atoms with Crippen molar-refractivity contribution >= 4 is 5.91 Å². The predicted octanol–water partition coefficient (Wildman–Crippen LogP) is 2.80. The first-order chi connectivity index (χ1) is 10.3. The van der Waals surface area contributed by atoms with Gasteiger partial charge in [-0.2, -0.15) is 0 Å². The van der Waals surface area contributed by atoms with E-state index in [0.717, 1.165) is 37.4 Å². The van der Waals surface area contributed by atoms with Gasteiger partial charge in [-0.15, -0.1) is 0 Å². The molecule has 3 nitrogen and oxygen atoms in total. The highest BCUT2D eigenvalue weighted by Gasteiger charge is 2.49. The standard InChI is InChI=1S/C18H30N2O/c21-18(16-11-14-10-15(14)12-16)20-9-3-1-2-4-17(20)13-5-7-19-8-6-13/h13-17,19H,1-12H2. The van der Waals surface area contributed by atoms with Gasteiger partial charge in [0.05, 0.1) is 0 Å². The Bertz CT molecular complexity index is 381. The molecule has 2 saturated heterocycles. The Kier molecular flexibility index (Phi) is 3.95. The summed E-state index contributed by atoms with van der Waals surface area (Å²) in [7, 11) is 0. The zero-order valence-electron chi connectivity index (χ0n) is 13.2. The fourth-order valence-electron chi connectivity index (χ4n) is 5.28. The van der Waals surface area contributed by atoms with E-state index in [9.17, 15) is 4.79 Å². The topological polar surface area (TPSA) is 32.3 Å². The van der Waals surface area contributed by atoms with E-state index in [4.69, 9.17) is 0 Å². The molecule has 4 aliphatic rings. The normalized spacial score (nSPS) is 40.7. The molecule has 1 N–H and O–H groups in total. The maximum absolute atomic E-state index is 13.1. The lowest BCUT2D eigenvalue weighted by atomic mass is 9.86. The number of rotatable bonds is 2. The Balaban J connectivity index is 1.46. The fourth-order valence-corrected chi connectivity index (χ4v) is 5.28. The van der Waals surface area contributed by atoms with Crippen LogP contribution in [0, 0.1) is 23.7 Å². The van der Waals surface area contributed by atoms with Gasteiger partial charge in [0.25, 0.3) is 0 Å². The highest BCUT2D eigenvalue weighted by Crippen LogP contribution is 2.54. The van der Waals surface area contributed by atoms with Crippen LogP contribution in [-0.4, -0.2) is 36.5 Å². The van der Waals surface area contributed by atoms with Crippen molar-refractivity contribution in [3.63, 3.8) is 0 Å². The molecule has 4 fully saturated rings. The minimum Gasteiger partial charge on any atom is -0.339 e. The van der Waals surface area contributed by atoms with Crippen LogP contribution in [0.4, 0.5) is 0 Å². The number of hydrogen-bond acceptors (Lipinski definition) is 2. The lowest BCUT2D eigenvalue weighted by Gasteiger charge is -2.39. The summed E-state index contributed by atoms with van der Waals surface area (Å²) in [4.78, 5) is 15.4. The Morgan fingerprint density at radius 1 is 0.857 bits per heavy atom. The SMILES string of the molecule is O=C(C1CC2CC2C1)N1CCCCCC1C1CCNCC1. The Morgan fingerprint density at radius 3 is 2.38 bits per heavy atom. The number of nitrogens with one attached hydrogen (secondary N) is 1. The summed E-state index contributed by atoms with van der Waals surface area (Å²) >= 11 is 0. The monoisotopic (exact) mass is 290 g/mol. The molecule has 2 aliphatic heterocycles. The zero-order chi connectivity index (χ0) is 14.2. The number of carbonyl (C=O) groups is 1. The summed E-state index contributed by atoms with van der Waals surface area (Å²) in [5.74, 6) is 3.51. The van der Waals surface area contributed by atoms with Crippen LogP contribution in [0.5, 0.6) is 0 Å². The average Bonchev–Trinajstić information content (AvgIpc) is 3.22. The van der Waals surface area contributed by atoms with Gasteiger partial charge in [-0.25, -0.2) is 0 Å². The molecule has 0 radical (unpaired) electrons. The minimum absolute atomic E-state index is 0.385. The lowest BCUT2D eigenvalue weighted by molar-refractivity contribution is -0.139. The molecular weight excluding hydrogens is 260 g/mol. The summed E-state index contributed by atoms with van der Waals surface area (Å²) in [6.45, 7) is 3.34. The van der Waals surface area contributed by atoms with E-state index in [2.05, 4.69) is 10.2 Å². The Hall–Kier alpha value is -0.570. The average molecular weight is 290 g/mol. The van der Waals surface area contributed by atoms with Gasteiger partial charge in [0.2, 0.25) is 5.91 Å². The van der Waals surface area contributed by atoms with Crippen molar-refractivity contribution in [3.8, 4) is 0 Å². The molecule has 0 aromatic carbocycles. The van der Waals surface area contributed by atoms with Gasteiger partial charge in [-0.1, -0.05) is 12.8 Å². The lowest BCUT2D eigenvalue weighted by Crippen LogP contribution is -2.48.